The van der Waals surface area contributed by atoms with Crippen molar-refractivity contribution in [3.05, 3.63) is 100 Å². The lowest BCUT2D eigenvalue weighted by Crippen LogP contribution is -2.52. The molecular weight excluding hydrogens is 490 g/mol. The lowest BCUT2D eigenvalue weighted by atomic mass is 9.92. The van der Waals surface area contributed by atoms with Crippen LogP contribution in [0.4, 0.5) is 4.79 Å². The fraction of sp³-hybridized carbons (Fsp3) is 0.375. The molecule has 3 heterocycles. The van der Waals surface area contributed by atoms with Crippen LogP contribution in [0.2, 0.25) is 0 Å². The molecule has 3 aromatic rings. The summed E-state index contributed by atoms with van der Waals surface area (Å²) in [6.07, 6.45) is 1.23. The second kappa shape index (κ2) is 11.2. The maximum absolute atomic E-state index is 14.0. The Morgan fingerprint density at radius 3 is 2.51 bits per heavy atom. The number of carbonyl (C=O) groups is 2. The van der Waals surface area contributed by atoms with Crippen LogP contribution in [0.1, 0.15) is 38.2 Å². The minimum atomic E-state index is -0.360. The number of morpholine rings is 1. The summed E-state index contributed by atoms with van der Waals surface area (Å²) in [7, 11) is 0. The highest BCUT2D eigenvalue weighted by molar-refractivity contribution is 5.95. The molecule has 1 fully saturated rings. The molecule has 202 valence electrons. The molecule has 0 spiro atoms. The van der Waals surface area contributed by atoms with Gasteiger partial charge >= 0.3 is 6.09 Å². The number of fused-ring (bicyclic) bond motifs is 2. The first-order chi connectivity index (χ1) is 19.0. The Labute approximate surface area is 229 Å². The Morgan fingerprint density at radius 1 is 0.872 bits per heavy atom. The van der Waals surface area contributed by atoms with Gasteiger partial charge in [0.1, 0.15) is 5.75 Å². The van der Waals surface area contributed by atoms with Gasteiger partial charge in [-0.15, -0.1) is 0 Å². The Bertz CT molecular complexity index is 1370. The van der Waals surface area contributed by atoms with Crippen molar-refractivity contribution in [2.45, 2.75) is 38.9 Å². The lowest BCUT2D eigenvalue weighted by Gasteiger charge is -2.40. The largest absolute Gasteiger partial charge is 0.415 e. The van der Waals surface area contributed by atoms with Crippen LogP contribution >= 0.6 is 0 Å². The number of nitrogens with zero attached hydrogens (tertiary/aromatic N) is 3. The van der Waals surface area contributed by atoms with Gasteiger partial charge in [-0.2, -0.15) is 0 Å². The van der Waals surface area contributed by atoms with Crippen molar-refractivity contribution in [2.24, 2.45) is 0 Å². The number of carbonyl (C=O) groups excluding carboxylic acids is 2. The molecule has 3 aliphatic rings. The maximum atomic E-state index is 14.0. The summed E-state index contributed by atoms with van der Waals surface area (Å²) >= 11 is 0. The van der Waals surface area contributed by atoms with E-state index < -0.39 is 0 Å². The quantitative estimate of drug-likeness (QED) is 0.504. The van der Waals surface area contributed by atoms with E-state index in [1.165, 1.54) is 16.7 Å². The normalized spacial score (nSPS) is 19.3. The third-order valence-corrected chi connectivity index (χ3v) is 8.11. The van der Waals surface area contributed by atoms with E-state index in [4.69, 9.17) is 9.47 Å². The smallest absolute Gasteiger partial charge is 0.410 e. The predicted molar refractivity (Wildman–Crippen MR) is 149 cm³/mol. The molecule has 3 aliphatic heterocycles. The SMILES string of the molecule is Cc1cccc(OC(=O)N2CCc3ccc(C(=O)N4Cc5ccccc5C[C@H]4CN4CCOCC4)cc3C2)c1. The molecule has 1 saturated heterocycles. The molecule has 0 saturated carbocycles. The van der Waals surface area contributed by atoms with E-state index in [0.717, 1.165) is 56.8 Å². The summed E-state index contributed by atoms with van der Waals surface area (Å²) in [5, 5.41) is 0. The van der Waals surface area contributed by atoms with E-state index >= 15 is 0 Å². The average Bonchev–Trinajstić information content (AvgIpc) is 2.96. The standard InChI is InChI=1S/C32H35N3O4/c1-23-5-4-8-30(17-23)39-32(37)34-12-11-24-9-10-26(18-28(24)20-34)31(36)35-21-27-7-3-2-6-25(27)19-29(35)22-33-13-15-38-16-14-33/h2-10,17-18,29H,11-16,19-22H2,1H3/t29-/m0/s1. The van der Waals surface area contributed by atoms with Crippen molar-refractivity contribution in [1.82, 2.24) is 14.7 Å². The Kier molecular flexibility index (Phi) is 7.35. The molecule has 7 heteroatoms. The molecule has 0 aliphatic carbocycles. The molecule has 0 N–H and O–H groups in total. The van der Waals surface area contributed by atoms with E-state index in [1.54, 1.807) is 11.0 Å². The molecule has 0 unspecified atom stereocenters. The van der Waals surface area contributed by atoms with Crippen molar-refractivity contribution in [3.63, 3.8) is 0 Å². The predicted octanol–water partition coefficient (Wildman–Crippen LogP) is 4.45. The number of benzene rings is 3. The highest BCUT2D eigenvalue weighted by Crippen LogP contribution is 2.28. The third-order valence-electron chi connectivity index (χ3n) is 8.11. The molecule has 7 nitrogen and oxygen atoms in total. The van der Waals surface area contributed by atoms with Crippen LogP contribution in [0.5, 0.6) is 5.75 Å². The molecule has 0 radical (unpaired) electrons. The van der Waals surface area contributed by atoms with Crippen LogP contribution in [0.25, 0.3) is 0 Å². The van der Waals surface area contributed by atoms with E-state index in [2.05, 4.69) is 29.2 Å². The van der Waals surface area contributed by atoms with Crippen LogP contribution in [0.3, 0.4) is 0 Å². The van der Waals surface area contributed by atoms with E-state index in [-0.39, 0.29) is 18.0 Å². The third kappa shape index (κ3) is 5.70. The second-order valence-electron chi connectivity index (χ2n) is 10.8. The van der Waals surface area contributed by atoms with Gasteiger partial charge in [0.2, 0.25) is 0 Å². The van der Waals surface area contributed by atoms with Crippen molar-refractivity contribution in [1.29, 1.82) is 0 Å². The number of hydrogen-bond acceptors (Lipinski definition) is 5. The van der Waals surface area contributed by atoms with Crippen molar-refractivity contribution in [2.75, 3.05) is 39.4 Å². The monoisotopic (exact) mass is 525 g/mol. The number of amides is 2. The number of hydrogen-bond donors (Lipinski definition) is 0. The van der Waals surface area contributed by atoms with Gasteiger partial charge in [-0.25, -0.2) is 4.79 Å². The lowest BCUT2D eigenvalue weighted by molar-refractivity contribution is 0.0193. The zero-order valence-corrected chi connectivity index (χ0v) is 22.5. The van der Waals surface area contributed by atoms with Crippen molar-refractivity contribution < 1.29 is 19.1 Å². The maximum Gasteiger partial charge on any atom is 0.415 e. The van der Waals surface area contributed by atoms with Gasteiger partial charge in [0.25, 0.3) is 5.91 Å². The average molecular weight is 526 g/mol. The summed E-state index contributed by atoms with van der Waals surface area (Å²) in [6.45, 7) is 7.72. The van der Waals surface area contributed by atoms with Gasteiger partial charge in [-0.1, -0.05) is 42.5 Å². The molecule has 0 aromatic heterocycles. The van der Waals surface area contributed by atoms with E-state index in [0.29, 0.717) is 30.9 Å². The van der Waals surface area contributed by atoms with Crippen LogP contribution in [0, 0.1) is 6.92 Å². The van der Waals surface area contributed by atoms with Crippen LogP contribution in [-0.2, 0) is 30.7 Å². The molecular formula is C32H35N3O4. The molecule has 0 bridgehead atoms. The van der Waals surface area contributed by atoms with Gasteiger partial charge < -0.3 is 19.3 Å². The Morgan fingerprint density at radius 2 is 1.69 bits per heavy atom. The highest BCUT2D eigenvalue weighted by Gasteiger charge is 2.33. The summed E-state index contributed by atoms with van der Waals surface area (Å²) in [5.74, 6) is 0.594. The first kappa shape index (κ1) is 25.6. The van der Waals surface area contributed by atoms with Crippen LogP contribution in [0.15, 0.2) is 66.7 Å². The molecule has 6 rings (SSSR count). The molecule has 1 atom stereocenters. The van der Waals surface area contributed by atoms with Gasteiger partial charge in [-0.3, -0.25) is 9.69 Å². The first-order valence-corrected chi connectivity index (χ1v) is 13.9. The van der Waals surface area contributed by atoms with Crippen molar-refractivity contribution in [3.8, 4) is 5.75 Å². The second-order valence-corrected chi connectivity index (χ2v) is 10.8. The fourth-order valence-electron chi connectivity index (χ4n) is 5.93. The number of ether oxygens (including phenoxy) is 2. The van der Waals surface area contributed by atoms with E-state index in [9.17, 15) is 9.59 Å². The molecule has 2 amide bonds. The summed E-state index contributed by atoms with van der Waals surface area (Å²) in [4.78, 5) is 33.1. The zero-order chi connectivity index (χ0) is 26.8. The number of rotatable bonds is 4. The fourth-order valence-corrected chi connectivity index (χ4v) is 5.93. The molecule has 3 aromatic carbocycles. The van der Waals surface area contributed by atoms with Crippen molar-refractivity contribution >= 4 is 12.0 Å². The summed E-state index contributed by atoms with van der Waals surface area (Å²) in [6, 6.07) is 22.0. The van der Waals surface area contributed by atoms with Gasteiger partial charge in [0.15, 0.2) is 0 Å². The Hall–Kier alpha value is -3.68. The zero-order valence-electron chi connectivity index (χ0n) is 22.5. The summed E-state index contributed by atoms with van der Waals surface area (Å²) < 4.78 is 11.2. The molecule has 39 heavy (non-hydrogen) atoms. The minimum absolute atomic E-state index is 0.0463. The van der Waals surface area contributed by atoms with E-state index in [1.807, 2.05) is 48.2 Å². The number of aryl methyl sites for hydroxylation is 1. The van der Waals surface area contributed by atoms with Crippen LogP contribution in [-0.4, -0.2) is 72.1 Å². The van der Waals surface area contributed by atoms with Gasteiger partial charge in [-0.05, 0) is 71.8 Å². The Balaban J connectivity index is 1.20. The highest BCUT2D eigenvalue weighted by atomic mass is 16.6. The van der Waals surface area contributed by atoms with Gasteiger partial charge in [0, 0.05) is 50.9 Å². The topological polar surface area (TPSA) is 62.3 Å². The van der Waals surface area contributed by atoms with Crippen LogP contribution < -0.4 is 4.74 Å². The minimum Gasteiger partial charge on any atom is -0.410 e. The summed E-state index contributed by atoms with van der Waals surface area (Å²) in [5.41, 5.74) is 6.45. The van der Waals surface area contributed by atoms with Gasteiger partial charge in [0.05, 0.1) is 13.2 Å². The first-order valence-electron chi connectivity index (χ1n) is 13.9.